The molecule has 0 atom stereocenters. The maximum Gasteiger partial charge on any atom is 0.271 e. The number of fused-ring (bicyclic) bond motifs is 3. The zero-order valence-electron chi connectivity index (χ0n) is 22.9. The van der Waals surface area contributed by atoms with Crippen molar-refractivity contribution in [2.75, 3.05) is 32.8 Å². The van der Waals surface area contributed by atoms with E-state index < -0.39 is 23.1 Å². The van der Waals surface area contributed by atoms with Crippen LogP contribution in [0.2, 0.25) is 0 Å². The smallest absolute Gasteiger partial charge is 0.271 e. The third-order valence-corrected chi connectivity index (χ3v) is 6.68. The van der Waals surface area contributed by atoms with Gasteiger partial charge in [-0.3, -0.25) is 19.1 Å². The minimum Gasteiger partial charge on any atom is -0.496 e. The van der Waals surface area contributed by atoms with E-state index in [-0.39, 0.29) is 28.5 Å². The molecule has 1 aliphatic heterocycles. The highest BCUT2D eigenvalue weighted by molar-refractivity contribution is 6.06. The molecule has 0 radical (unpaired) electrons. The number of benzene rings is 3. The first kappa shape index (κ1) is 27.5. The van der Waals surface area contributed by atoms with Crippen LogP contribution in [0.15, 0.2) is 77.9 Å². The van der Waals surface area contributed by atoms with Crippen molar-refractivity contribution >= 4 is 22.5 Å². The first-order valence-electron chi connectivity index (χ1n) is 13.0. The Labute approximate surface area is 243 Å². The number of hydrogen-bond donors (Lipinski definition) is 1. The largest absolute Gasteiger partial charge is 0.496 e. The number of amides is 1. The van der Waals surface area contributed by atoms with Gasteiger partial charge in [-0.15, -0.1) is 0 Å². The number of rotatable bonds is 7. The fourth-order valence-corrected chi connectivity index (χ4v) is 4.69. The van der Waals surface area contributed by atoms with Crippen LogP contribution in [-0.2, 0) is 0 Å². The van der Waals surface area contributed by atoms with Gasteiger partial charge in [-0.25, -0.2) is 8.78 Å². The molecular weight excluding hydrogens is 564 g/mol. The molecule has 218 valence electrons. The van der Waals surface area contributed by atoms with Crippen LogP contribution in [0, 0.1) is 11.6 Å². The molecule has 6 rings (SSSR count). The average Bonchev–Trinajstić information content (AvgIpc) is 3.02. The highest BCUT2D eigenvalue weighted by Crippen LogP contribution is 2.48. The van der Waals surface area contributed by atoms with E-state index in [0.717, 1.165) is 6.07 Å². The average molecular weight is 588 g/mol. The van der Waals surface area contributed by atoms with Gasteiger partial charge in [0.15, 0.2) is 23.1 Å². The molecule has 1 aliphatic rings. The molecular formula is C31H23F2N3O7. The Morgan fingerprint density at radius 1 is 0.884 bits per heavy atom. The Balaban J connectivity index is 1.29. The van der Waals surface area contributed by atoms with Gasteiger partial charge in [0, 0.05) is 35.9 Å². The number of halogens is 2. The van der Waals surface area contributed by atoms with Crippen molar-refractivity contribution < 1.29 is 37.3 Å². The van der Waals surface area contributed by atoms with Gasteiger partial charge in [0.05, 0.1) is 25.1 Å². The summed E-state index contributed by atoms with van der Waals surface area (Å²) in [7, 11) is 2.82. The van der Waals surface area contributed by atoms with Crippen LogP contribution in [0.25, 0.3) is 16.6 Å². The van der Waals surface area contributed by atoms with Gasteiger partial charge in [0.2, 0.25) is 5.75 Å². The summed E-state index contributed by atoms with van der Waals surface area (Å²) in [6.45, 7) is 0.635. The number of carbonyl (C=O) groups excluding carboxylic acids is 1. The second-order valence-electron chi connectivity index (χ2n) is 9.25. The van der Waals surface area contributed by atoms with Crippen molar-refractivity contribution in [3.63, 3.8) is 0 Å². The molecule has 10 nitrogen and oxygen atoms in total. The molecule has 43 heavy (non-hydrogen) atoms. The van der Waals surface area contributed by atoms with Crippen molar-refractivity contribution in [3.05, 3.63) is 101 Å². The summed E-state index contributed by atoms with van der Waals surface area (Å²) >= 11 is 0. The topological polar surface area (TPSA) is 110 Å². The summed E-state index contributed by atoms with van der Waals surface area (Å²) in [5, 5.41) is 3.00. The van der Waals surface area contributed by atoms with Gasteiger partial charge in [0.25, 0.3) is 11.5 Å². The number of nitrogens with zero attached hydrogens (tertiary/aromatic N) is 2. The third-order valence-electron chi connectivity index (χ3n) is 6.68. The number of anilines is 1. The summed E-state index contributed by atoms with van der Waals surface area (Å²) in [5.41, 5.74) is -0.130. The lowest BCUT2D eigenvalue weighted by Gasteiger charge is -2.23. The number of ether oxygens (including phenoxy) is 5. The summed E-state index contributed by atoms with van der Waals surface area (Å²) in [5.74, 6) is -0.742. The Kier molecular flexibility index (Phi) is 7.24. The number of aromatic nitrogens is 2. The van der Waals surface area contributed by atoms with Crippen molar-refractivity contribution in [2.24, 2.45) is 0 Å². The van der Waals surface area contributed by atoms with E-state index >= 15 is 4.39 Å². The highest BCUT2D eigenvalue weighted by atomic mass is 19.1. The van der Waals surface area contributed by atoms with E-state index in [0.29, 0.717) is 47.1 Å². The Hall–Kier alpha value is -5.65. The highest BCUT2D eigenvalue weighted by Gasteiger charge is 2.25. The standard InChI is InChI=1S/C31H23F2N3O7/c1-39-23-10-12-36(19-6-3-17(32)4-7-19)31(38)27(23)30(37)35-18-5-8-22(20(33)15-18)43-24-9-11-34-21-16-25(40-2)28-29(26(21)24)42-14-13-41-28/h3-12,15-16H,13-14H2,1-2H3,(H,35,37). The fraction of sp³-hybridized carbons (Fsp3) is 0.129. The molecule has 0 saturated heterocycles. The quantitative estimate of drug-likeness (QED) is 0.266. The first-order valence-corrected chi connectivity index (χ1v) is 13.0. The number of carbonyl (C=O) groups is 1. The number of hydrogen-bond acceptors (Lipinski definition) is 8. The molecule has 1 amide bonds. The normalized spacial score (nSPS) is 12.1. The Bertz CT molecular complexity index is 1930. The predicted octanol–water partition coefficient (Wildman–Crippen LogP) is 5.50. The summed E-state index contributed by atoms with van der Waals surface area (Å²) in [4.78, 5) is 30.8. The first-order chi connectivity index (χ1) is 20.9. The van der Waals surface area contributed by atoms with Gasteiger partial charge in [-0.1, -0.05) is 0 Å². The van der Waals surface area contributed by atoms with Crippen LogP contribution in [0.4, 0.5) is 14.5 Å². The Morgan fingerprint density at radius 2 is 1.63 bits per heavy atom. The summed E-state index contributed by atoms with van der Waals surface area (Å²) < 4.78 is 58.0. The zero-order valence-corrected chi connectivity index (χ0v) is 22.9. The lowest BCUT2D eigenvalue weighted by atomic mass is 10.1. The number of pyridine rings is 2. The summed E-state index contributed by atoms with van der Waals surface area (Å²) in [6, 6.07) is 13.7. The van der Waals surface area contributed by atoms with Crippen LogP contribution in [0.1, 0.15) is 10.4 Å². The minimum absolute atomic E-state index is 0.0111. The van der Waals surface area contributed by atoms with Crippen molar-refractivity contribution in [1.82, 2.24) is 9.55 Å². The molecule has 0 saturated carbocycles. The van der Waals surface area contributed by atoms with Crippen LogP contribution in [0.5, 0.6) is 34.5 Å². The van der Waals surface area contributed by atoms with Gasteiger partial charge < -0.3 is 29.0 Å². The van der Waals surface area contributed by atoms with E-state index in [4.69, 9.17) is 23.7 Å². The monoisotopic (exact) mass is 587 g/mol. The van der Waals surface area contributed by atoms with Crippen LogP contribution in [-0.4, -0.2) is 42.9 Å². The van der Waals surface area contributed by atoms with E-state index in [1.807, 2.05) is 0 Å². The molecule has 1 N–H and O–H groups in total. The maximum atomic E-state index is 15.3. The second kappa shape index (κ2) is 11.3. The molecule has 0 spiro atoms. The maximum absolute atomic E-state index is 15.3. The molecule has 0 bridgehead atoms. The second-order valence-corrected chi connectivity index (χ2v) is 9.25. The van der Waals surface area contributed by atoms with Crippen LogP contribution >= 0.6 is 0 Å². The zero-order chi connectivity index (χ0) is 30.1. The molecule has 3 heterocycles. The van der Waals surface area contributed by atoms with Gasteiger partial charge in [0.1, 0.15) is 36.1 Å². The van der Waals surface area contributed by atoms with E-state index in [2.05, 4.69) is 10.3 Å². The molecule has 5 aromatic rings. The molecule has 2 aromatic heterocycles. The molecule has 0 unspecified atom stereocenters. The molecule has 3 aromatic carbocycles. The van der Waals surface area contributed by atoms with Crippen molar-refractivity contribution in [3.8, 4) is 40.2 Å². The predicted molar refractivity (Wildman–Crippen MR) is 152 cm³/mol. The van der Waals surface area contributed by atoms with Crippen molar-refractivity contribution in [1.29, 1.82) is 0 Å². The van der Waals surface area contributed by atoms with Crippen LogP contribution < -0.4 is 34.6 Å². The molecule has 0 fully saturated rings. The van der Waals surface area contributed by atoms with E-state index in [1.165, 1.54) is 73.6 Å². The fourth-order valence-electron chi connectivity index (χ4n) is 4.69. The summed E-state index contributed by atoms with van der Waals surface area (Å²) in [6.07, 6.45) is 2.91. The molecule has 0 aliphatic carbocycles. The van der Waals surface area contributed by atoms with Gasteiger partial charge >= 0.3 is 0 Å². The SMILES string of the molecule is COc1cc2nccc(Oc3ccc(NC(=O)c4c(OC)ccn(-c5ccc(F)cc5)c4=O)cc3F)c2c2c1OCCO2. The van der Waals surface area contributed by atoms with Gasteiger partial charge in [-0.2, -0.15) is 0 Å². The van der Waals surface area contributed by atoms with Crippen molar-refractivity contribution in [2.45, 2.75) is 0 Å². The van der Waals surface area contributed by atoms with E-state index in [1.54, 1.807) is 12.1 Å². The number of methoxy groups -OCH3 is 2. The number of nitrogens with one attached hydrogen (secondary N) is 1. The lowest BCUT2D eigenvalue weighted by Crippen LogP contribution is -2.29. The lowest BCUT2D eigenvalue weighted by molar-refractivity contribution is 0.102. The third kappa shape index (κ3) is 5.14. The minimum atomic E-state index is -0.829. The molecule has 12 heteroatoms. The Morgan fingerprint density at radius 3 is 2.35 bits per heavy atom. The van der Waals surface area contributed by atoms with E-state index in [9.17, 15) is 14.0 Å². The van der Waals surface area contributed by atoms with Gasteiger partial charge in [-0.05, 0) is 48.5 Å². The van der Waals surface area contributed by atoms with Crippen LogP contribution in [0.3, 0.4) is 0 Å².